The molecule has 60 valence electrons. The van der Waals surface area contributed by atoms with Gasteiger partial charge in [-0.1, -0.05) is 19.1 Å². The summed E-state index contributed by atoms with van der Waals surface area (Å²) in [6.45, 7) is 5.35. The Kier molecular flexibility index (Phi) is 3.61. The third-order valence-corrected chi connectivity index (χ3v) is 1.84. The fourth-order valence-corrected chi connectivity index (χ4v) is 0.705. The number of aliphatic hydroxyl groups is 2. The molecule has 0 bridgehead atoms. The number of rotatable bonds is 3. The molecule has 0 saturated carbocycles. The number of aliphatic hydroxyl groups excluding tert-OH is 2. The van der Waals surface area contributed by atoms with E-state index in [1.165, 1.54) is 0 Å². The Morgan fingerprint density at radius 3 is 2.20 bits per heavy atom. The average Bonchev–Trinajstić information content (AvgIpc) is 1.88. The highest BCUT2D eigenvalue weighted by Gasteiger charge is 2.25. The zero-order valence-corrected chi connectivity index (χ0v) is 6.83. The predicted molar refractivity (Wildman–Crippen MR) is 41.7 cm³/mol. The normalized spacial score (nSPS) is 20.9. The molecule has 2 atom stereocenters. The largest absolute Gasteiger partial charge is 0.395 e. The van der Waals surface area contributed by atoms with E-state index in [0.717, 1.165) is 0 Å². The molecule has 0 aromatic heterocycles. The molecule has 2 nitrogen and oxygen atoms in total. The van der Waals surface area contributed by atoms with Gasteiger partial charge in [0.1, 0.15) is 0 Å². The standard InChI is InChI=1S/C8H16O2/c1-4-5-8(3,6-9)7(2)10/h4-5,7,9-10H,6H2,1-3H3/b5-4+. The molecule has 0 rings (SSSR count). The molecule has 2 N–H and O–H groups in total. The van der Waals surface area contributed by atoms with E-state index in [-0.39, 0.29) is 6.61 Å². The predicted octanol–water partition coefficient (Wildman–Crippen LogP) is 0.942. The van der Waals surface area contributed by atoms with Crippen LogP contribution in [0.4, 0.5) is 0 Å². The summed E-state index contributed by atoms with van der Waals surface area (Å²) in [5.41, 5.74) is -0.477. The first-order valence-corrected chi connectivity index (χ1v) is 3.49. The van der Waals surface area contributed by atoms with Crippen molar-refractivity contribution in [3.63, 3.8) is 0 Å². The van der Waals surface area contributed by atoms with Gasteiger partial charge in [-0.25, -0.2) is 0 Å². The van der Waals surface area contributed by atoms with Gasteiger partial charge in [0, 0.05) is 5.41 Å². The van der Waals surface area contributed by atoms with Crippen LogP contribution in [0.5, 0.6) is 0 Å². The smallest absolute Gasteiger partial charge is 0.0622 e. The molecule has 0 aliphatic rings. The topological polar surface area (TPSA) is 40.5 Å². The van der Waals surface area contributed by atoms with Gasteiger partial charge in [0.25, 0.3) is 0 Å². The summed E-state index contributed by atoms with van der Waals surface area (Å²) in [4.78, 5) is 0. The van der Waals surface area contributed by atoms with Crippen molar-refractivity contribution in [2.24, 2.45) is 5.41 Å². The number of allylic oxidation sites excluding steroid dienone is 1. The third-order valence-electron chi connectivity index (χ3n) is 1.84. The lowest BCUT2D eigenvalue weighted by molar-refractivity contribution is 0.0407. The minimum Gasteiger partial charge on any atom is -0.395 e. The van der Waals surface area contributed by atoms with Crippen LogP contribution >= 0.6 is 0 Å². The molecule has 0 aromatic carbocycles. The van der Waals surface area contributed by atoms with Crippen LogP contribution in [0.15, 0.2) is 12.2 Å². The van der Waals surface area contributed by atoms with Crippen LogP contribution in [0.1, 0.15) is 20.8 Å². The average molecular weight is 144 g/mol. The summed E-state index contributed by atoms with van der Waals surface area (Å²) in [6.07, 6.45) is 3.15. The third kappa shape index (κ3) is 2.12. The van der Waals surface area contributed by atoms with Crippen LogP contribution in [0.3, 0.4) is 0 Å². The molecule has 0 spiro atoms. The second kappa shape index (κ2) is 3.74. The first kappa shape index (κ1) is 9.66. The number of hydrogen-bond donors (Lipinski definition) is 2. The van der Waals surface area contributed by atoms with E-state index in [0.29, 0.717) is 0 Å². The van der Waals surface area contributed by atoms with Gasteiger partial charge >= 0.3 is 0 Å². The molecule has 0 radical (unpaired) electrons. The van der Waals surface area contributed by atoms with Crippen LogP contribution in [0.2, 0.25) is 0 Å². The van der Waals surface area contributed by atoms with E-state index in [2.05, 4.69) is 0 Å². The van der Waals surface area contributed by atoms with Gasteiger partial charge in [0.05, 0.1) is 12.7 Å². The molecule has 2 heteroatoms. The van der Waals surface area contributed by atoms with Crippen molar-refractivity contribution in [3.8, 4) is 0 Å². The Morgan fingerprint density at radius 1 is 1.60 bits per heavy atom. The zero-order chi connectivity index (χ0) is 8.20. The first-order valence-electron chi connectivity index (χ1n) is 3.49. The lowest BCUT2D eigenvalue weighted by Crippen LogP contribution is -2.31. The Labute approximate surface area is 62.2 Å². The highest BCUT2D eigenvalue weighted by atomic mass is 16.3. The lowest BCUT2D eigenvalue weighted by Gasteiger charge is -2.26. The second-order valence-corrected chi connectivity index (χ2v) is 2.84. The van der Waals surface area contributed by atoms with Crippen LogP contribution in [-0.2, 0) is 0 Å². The van der Waals surface area contributed by atoms with Gasteiger partial charge in [-0.05, 0) is 13.8 Å². The fraction of sp³-hybridized carbons (Fsp3) is 0.750. The summed E-state index contributed by atoms with van der Waals surface area (Å²) < 4.78 is 0. The summed E-state index contributed by atoms with van der Waals surface area (Å²) in [5, 5.41) is 18.1. The van der Waals surface area contributed by atoms with Crippen LogP contribution in [0, 0.1) is 5.41 Å². The molecule has 2 unspecified atom stereocenters. The van der Waals surface area contributed by atoms with E-state index in [4.69, 9.17) is 5.11 Å². The Morgan fingerprint density at radius 2 is 2.10 bits per heavy atom. The quantitative estimate of drug-likeness (QED) is 0.579. The molecule has 0 amide bonds. The fourth-order valence-electron chi connectivity index (χ4n) is 0.705. The van der Waals surface area contributed by atoms with Crippen molar-refractivity contribution >= 4 is 0 Å². The monoisotopic (exact) mass is 144 g/mol. The minimum atomic E-state index is -0.506. The molecule has 0 aromatic rings. The summed E-state index contributed by atoms with van der Waals surface area (Å²) >= 11 is 0. The van der Waals surface area contributed by atoms with Crippen molar-refractivity contribution in [2.75, 3.05) is 6.61 Å². The lowest BCUT2D eigenvalue weighted by atomic mass is 9.86. The van der Waals surface area contributed by atoms with E-state index < -0.39 is 11.5 Å². The molecule has 0 saturated heterocycles. The maximum atomic E-state index is 9.19. The maximum absolute atomic E-state index is 9.19. The van der Waals surface area contributed by atoms with Crippen molar-refractivity contribution in [1.29, 1.82) is 0 Å². The van der Waals surface area contributed by atoms with Crippen molar-refractivity contribution in [1.82, 2.24) is 0 Å². The van der Waals surface area contributed by atoms with Crippen LogP contribution in [-0.4, -0.2) is 22.9 Å². The van der Waals surface area contributed by atoms with Crippen molar-refractivity contribution < 1.29 is 10.2 Å². The van der Waals surface area contributed by atoms with E-state index in [1.54, 1.807) is 6.92 Å². The molecule has 0 heterocycles. The molecule has 10 heavy (non-hydrogen) atoms. The molecular formula is C8H16O2. The first-order chi connectivity index (χ1) is 4.56. The molecule has 0 aliphatic heterocycles. The van der Waals surface area contributed by atoms with Crippen LogP contribution in [0.25, 0.3) is 0 Å². The van der Waals surface area contributed by atoms with E-state index in [9.17, 15) is 5.11 Å². The van der Waals surface area contributed by atoms with Crippen molar-refractivity contribution in [2.45, 2.75) is 26.9 Å². The SMILES string of the molecule is C/C=C/C(C)(CO)C(C)O. The van der Waals surface area contributed by atoms with E-state index >= 15 is 0 Å². The Balaban J connectivity index is 4.22. The second-order valence-electron chi connectivity index (χ2n) is 2.84. The molecule has 0 aliphatic carbocycles. The van der Waals surface area contributed by atoms with Crippen molar-refractivity contribution in [3.05, 3.63) is 12.2 Å². The minimum absolute atomic E-state index is 0.0188. The Bertz CT molecular complexity index is 118. The van der Waals surface area contributed by atoms with Crippen LogP contribution < -0.4 is 0 Å². The Hall–Kier alpha value is -0.340. The van der Waals surface area contributed by atoms with Gasteiger partial charge in [-0.2, -0.15) is 0 Å². The number of hydrogen-bond acceptors (Lipinski definition) is 2. The summed E-state index contributed by atoms with van der Waals surface area (Å²) in [7, 11) is 0. The van der Waals surface area contributed by atoms with Gasteiger partial charge < -0.3 is 10.2 Å². The van der Waals surface area contributed by atoms with Gasteiger partial charge in [-0.15, -0.1) is 0 Å². The summed E-state index contributed by atoms with van der Waals surface area (Å²) in [6, 6.07) is 0. The molecular weight excluding hydrogens is 128 g/mol. The van der Waals surface area contributed by atoms with Gasteiger partial charge in [-0.3, -0.25) is 0 Å². The zero-order valence-electron chi connectivity index (χ0n) is 6.83. The molecule has 0 fully saturated rings. The summed E-state index contributed by atoms with van der Waals surface area (Å²) in [5.74, 6) is 0. The van der Waals surface area contributed by atoms with Gasteiger partial charge in [0.2, 0.25) is 0 Å². The highest BCUT2D eigenvalue weighted by molar-refractivity contribution is 4.98. The highest BCUT2D eigenvalue weighted by Crippen LogP contribution is 2.21. The van der Waals surface area contributed by atoms with E-state index in [1.807, 2.05) is 26.0 Å². The van der Waals surface area contributed by atoms with Gasteiger partial charge in [0.15, 0.2) is 0 Å². The maximum Gasteiger partial charge on any atom is 0.0622 e.